The van der Waals surface area contributed by atoms with Crippen LogP contribution in [0, 0.1) is 5.82 Å². The monoisotopic (exact) mass is 244 g/mol. The molecule has 0 atom stereocenters. The maximum Gasteiger partial charge on any atom is 0.328 e. The highest BCUT2D eigenvalue weighted by atomic mass is 79.9. The van der Waals surface area contributed by atoms with Crippen LogP contribution in [-0.2, 0) is 4.79 Å². The first-order valence-corrected chi connectivity index (χ1v) is 4.25. The topological polar surface area (TPSA) is 37.3 Å². The maximum atomic E-state index is 12.7. The van der Waals surface area contributed by atoms with Crippen LogP contribution < -0.4 is 0 Å². The van der Waals surface area contributed by atoms with Crippen molar-refractivity contribution in [3.05, 3.63) is 40.1 Å². The van der Waals surface area contributed by atoms with Crippen molar-refractivity contribution in [3.63, 3.8) is 0 Å². The van der Waals surface area contributed by atoms with Crippen LogP contribution in [0.15, 0.2) is 28.7 Å². The number of carbonyl (C=O) groups is 1. The number of carboxylic acid groups (broad SMARTS) is 1. The maximum absolute atomic E-state index is 12.7. The lowest BCUT2D eigenvalue weighted by molar-refractivity contribution is -0.131. The van der Waals surface area contributed by atoms with Gasteiger partial charge < -0.3 is 5.11 Å². The molecule has 0 saturated carbocycles. The van der Waals surface area contributed by atoms with E-state index in [1.165, 1.54) is 24.3 Å². The van der Waals surface area contributed by atoms with E-state index in [-0.39, 0.29) is 5.82 Å². The Morgan fingerprint density at radius 1 is 1.54 bits per heavy atom. The van der Waals surface area contributed by atoms with Crippen LogP contribution in [0.1, 0.15) is 5.56 Å². The molecule has 0 saturated heterocycles. The fraction of sp³-hybridized carbons (Fsp3) is 0. The minimum Gasteiger partial charge on any atom is -0.478 e. The molecule has 1 rings (SSSR count). The first-order valence-electron chi connectivity index (χ1n) is 3.45. The zero-order chi connectivity index (χ0) is 9.84. The summed E-state index contributed by atoms with van der Waals surface area (Å²) in [4.78, 5) is 10.2. The van der Waals surface area contributed by atoms with Gasteiger partial charge in [-0.2, -0.15) is 0 Å². The molecule has 0 aliphatic rings. The molecule has 0 unspecified atom stereocenters. The van der Waals surface area contributed by atoms with Gasteiger partial charge in [-0.3, -0.25) is 0 Å². The zero-order valence-electron chi connectivity index (χ0n) is 6.50. The van der Waals surface area contributed by atoms with Crippen molar-refractivity contribution in [1.82, 2.24) is 0 Å². The summed E-state index contributed by atoms with van der Waals surface area (Å²) in [5.41, 5.74) is 0.635. The van der Waals surface area contributed by atoms with Gasteiger partial charge in [0.1, 0.15) is 5.82 Å². The molecule has 4 heteroatoms. The second-order valence-corrected chi connectivity index (χ2v) is 3.20. The molecule has 1 aromatic carbocycles. The predicted octanol–water partition coefficient (Wildman–Crippen LogP) is 2.69. The number of hydrogen-bond acceptors (Lipinski definition) is 1. The standard InChI is InChI=1S/C9H6BrFO2/c10-7-5-6(1-3-8(7)11)2-4-9(12)13/h1-5H,(H,12,13)/b4-2-. The summed E-state index contributed by atoms with van der Waals surface area (Å²) in [6.45, 7) is 0. The van der Waals surface area contributed by atoms with E-state index in [0.29, 0.717) is 10.0 Å². The summed E-state index contributed by atoms with van der Waals surface area (Å²) in [7, 11) is 0. The van der Waals surface area contributed by atoms with Gasteiger partial charge >= 0.3 is 5.97 Å². The summed E-state index contributed by atoms with van der Waals surface area (Å²) in [5, 5.41) is 8.33. The molecule has 68 valence electrons. The lowest BCUT2D eigenvalue weighted by Gasteiger charge is -1.95. The molecular formula is C9H6BrFO2. The molecule has 0 spiro atoms. The Morgan fingerprint density at radius 3 is 2.77 bits per heavy atom. The van der Waals surface area contributed by atoms with Crippen molar-refractivity contribution in [2.45, 2.75) is 0 Å². The smallest absolute Gasteiger partial charge is 0.328 e. The Kier molecular flexibility index (Phi) is 3.19. The highest BCUT2D eigenvalue weighted by Crippen LogP contribution is 2.17. The number of rotatable bonds is 2. The minimum absolute atomic E-state index is 0.319. The third-order valence-electron chi connectivity index (χ3n) is 1.36. The second-order valence-electron chi connectivity index (χ2n) is 2.35. The average Bonchev–Trinajstić information content (AvgIpc) is 2.07. The van der Waals surface area contributed by atoms with E-state index >= 15 is 0 Å². The Bertz CT molecular complexity index is 361. The largest absolute Gasteiger partial charge is 0.478 e. The molecular weight excluding hydrogens is 239 g/mol. The summed E-state index contributed by atoms with van der Waals surface area (Å²) < 4.78 is 13.0. The van der Waals surface area contributed by atoms with E-state index < -0.39 is 5.97 Å². The summed E-state index contributed by atoms with van der Waals surface area (Å²) in [5.74, 6) is -1.40. The van der Waals surface area contributed by atoms with Gasteiger partial charge in [0, 0.05) is 6.08 Å². The normalized spacial score (nSPS) is 10.6. The van der Waals surface area contributed by atoms with Crippen molar-refractivity contribution in [2.24, 2.45) is 0 Å². The van der Waals surface area contributed by atoms with Crippen LogP contribution >= 0.6 is 15.9 Å². The van der Waals surface area contributed by atoms with Crippen molar-refractivity contribution in [1.29, 1.82) is 0 Å². The van der Waals surface area contributed by atoms with Gasteiger partial charge in [0.25, 0.3) is 0 Å². The molecule has 0 amide bonds. The molecule has 2 nitrogen and oxygen atoms in total. The third-order valence-corrected chi connectivity index (χ3v) is 1.97. The molecule has 0 radical (unpaired) electrons. The molecule has 0 aromatic heterocycles. The van der Waals surface area contributed by atoms with Crippen LogP contribution in [0.3, 0.4) is 0 Å². The van der Waals surface area contributed by atoms with Gasteiger partial charge in [-0.15, -0.1) is 0 Å². The molecule has 0 bridgehead atoms. The van der Waals surface area contributed by atoms with Crippen molar-refractivity contribution >= 4 is 28.0 Å². The van der Waals surface area contributed by atoms with Gasteiger partial charge in [0.2, 0.25) is 0 Å². The van der Waals surface area contributed by atoms with Crippen LogP contribution in [0.25, 0.3) is 6.08 Å². The lowest BCUT2D eigenvalue weighted by atomic mass is 10.2. The first kappa shape index (κ1) is 9.92. The number of carboxylic acids is 1. The number of halogens is 2. The third kappa shape index (κ3) is 2.99. The fourth-order valence-electron chi connectivity index (χ4n) is 0.784. The lowest BCUT2D eigenvalue weighted by Crippen LogP contribution is -1.86. The quantitative estimate of drug-likeness (QED) is 0.813. The zero-order valence-corrected chi connectivity index (χ0v) is 8.08. The van der Waals surface area contributed by atoms with E-state index in [2.05, 4.69) is 15.9 Å². The van der Waals surface area contributed by atoms with Crippen molar-refractivity contribution < 1.29 is 14.3 Å². The van der Waals surface area contributed by atoms with E-state index in [9.17, 15) is 9.18 Å². The summed E-state index contributed by atoms with van der Waals surface area (Å²) in [6, 6.07) is 4.28. The average molecular weight is 245 g/mol. The van der Waals surface area contributed by atoms with Gasteiger partial charge in [0.15, 0.2) is 0 Å². The Balaban J connectivity index is 2.92. The highest BCUT2D eigenvalue weighted by molar-refractivity contribution is 9.10. The number of hydrogen-bond donors (Lipinski definition) is 1. The molecule has 0 heterocycles. The molecule has 0 aliphatic heterocycles. The van der Waals surface area contributed by atoms with Crippen LogP contribution in [0.2, 0.25) is 0 Å². The minimum atomic E-state index is -1.03. The fourth-order valence-corrected chi connectivity index (χ4v) is 1.18. The second kappa shape index (κ2) is 4.18. The SMILES string of the molecule is O=C(O)/C=C\c1ccc(F)c(Br)c1. The molecule has 1 N–H and O–H groups in total. The molecule has 1 aromatic rings. The first-order chi connectivity index (χ1) is 6.09. The van der Waals surface area contributed by atoms with Crippen LogP contribution in [0.5, 0.6) is 0 Å². The van der Waals surface area contributed by atoms with E-state index in [1.54, 1.807) is 0 Å². The highest BCUT2D eigenvalue weighted by Gasteiger charge is 1.97. The Hall–Kier alpha value is -1.16. The molecule has 13 heavy (non-hydrogen) atoms. The molecule has 0 fully saturated rings. The van der Waals surface area contributed by atoms with Gasteiger partial charge in [-0.25, -0.2) is 9.18 Å². The van der Waals surface area contributed by atoms with Crippen molar-refractivity contribution in [2.75, 3.05) is 0 Å². The molecule has 0 aliphatic carbocycles. The van der Waals surface area contributed by atoms with Crippen LogP contribution in [-0.4, -0.2) is 11.1 Å². The summed E-state index contributed by atoms with van der Waals surface area (Å²) >= 11 is 3.00. The Morgan fingerprint density at radius 2 is 2.23 bits per heavy atom. The van der Waals surface area contributed by atoms with Gasteiger partial charge in [0.05, 0.1) is 4.47 Å². The number of aliphatic carboxylic acids is 1. The van der Waals surface area contributed by atoms with E-state index in [0.717, 1.165) is 6.08 Å². The van der Waals surface area contributed by atoms with Gasteiger partial charge in [-0.1, -0.05) is 6.07 Å². The van der Waals surface area contributed by atoms with Gasteiger partial charge in [-0.05, 0) is 39.7 Å². The Labute approximate surface area is 82.8 Å². The van der Waals surface area contributed by atoms with E-state index in [1.807, 2.05) is 0 Å². The van der Waals surface area contributed by atoms with Crippen LogP contribution in [0.4, 0.5) is 4.39 Å². The summed E-state index contributed by atoms with van der Waals surface area (Å²) in [6.07, 6.45) is 2.40. The predicted molar refractivity (Wildman–Crippen MR) is 50.8 cm³/mol. The van der Waals surface area contributed by atoms with E-state index in [4.69, 9.17) is 5.11 Å². The van der Waals surface area contributed by atoms with Crippen molar-refractivity contribution in [3.8, 4) is 0 Å². The number of benzene rings is 1.